The largest absolute Gasteiger partial charge is 0.357 e. The molecule has 1 N–H and O–H groups in total. The predicted octanol–water partition coefficient (Wildman–Crippen LogP) is 4.46. The van der Waals surface area contributed by atoms with Gasteiger partial charge in [0.05, 0.1) is 10.6 Å². The molecular weight excluding hydrogens is 554 g/mol. The highest BCUT2D eigenvalue weighted by Crippen LogP contribution is 2.27. The maximum absolute atomic E-state index is 13.6. The van der Waals surface area contributed by atoms with Crippen LogP contribution in [0.3, 0.4) is 0 Å². The van der Waals surface area contributed by atoms with Crippen LogP contribution in [-0.4, -0.2) is 44.8 Å². The monoisotopic (exact) mass is 577 g/mol. The summed E-state index contributed by atoms with van der Waals surface area (Å²) in [5.41, 5.74) is 1.02. The van der Waals surface area contributed by atoms with Crippen LogP contribution in [0.2, 0.25) is 5.02 Å². The predicted molar refractivity (Wildman–Crippen MR) is 141 cm³/mol. The third kappa shape index (κ3) is 6.62. The zero-order valence-electron chi connectivity index (χ0n) is 19.2. The first kappa shape index (κ1) is 26.7. The van der Waals surface area contributed by atoms with Crippen molar-refractivity contribution in [1.82, 2.24) is 10.2 Å². The lowest BCUT2D eigenvalue weighted by atomic mass is 10.1. The molecule has 1 atom stereocenters. The molecule has 0 aliphatic heterocycles. The number of sulfonamides is 1. The Labute approximate surface area is 218 Å². The van der Waals surface area contributed by atoms with Gasteiger partial charge < -0.3 is 10.2 Å². The van der Waals surface area contributed by atoms with Crippen LogP contribution in [0.25, 0.3) is 0 Å². The maximum atomic E-state index is 13.6. The second-order valence-corrected chi connectivity index (χ2v) is 11.0. The van der Waals surface area contributed by atoms with Gasteiger partial charge in [-0.05, 0) is 55.0 Å². The highest BCUT2D eigenvalue weighted by atomic mass is 79.9. The zero-order chi connectivity index (χ0) is 25.6. The fourth-order valence-electron chi connectivity index (χ4n) is 3.50. The van der Waals surface area contributed by atoms with E-state index >= 15 is 0 Å². The number of carbonyl (C=O) groups excluding carboxylic acids is 2. The van der Waals surface area contributed by atoms with Crippen molar-refractivity contribution < 1.29 is 18.0 Å². The van der Waals surface area contributed by atoms with E-state index in [9.17, 15) is 18.0 Å². The van der Waals surface area contributed by atoms with E-state index in [0.29, 0.717) is 5.02 Å². The summed E-state index contributed by atoms with van der Waals surface area (Å²) in [5, 5.41) is 2.88. The molecule has 184 valence electrons. The van der Waals surface area contributed by atoms with Crippen LogP contribution in [0.4, 0.5) is 5.69 Å². The minimum Gasteiger partial charge on any atom is -0.357 e. The molecule has 0 aliphatic carbocycles. The molecule has 0 aromatic heterocycles. The number of halogens is 2. The van der Waals surface area contributed by atoms with Crippen LogP contribution < -0.4 is 9.62 Å². The van der Waals surface area contributed by atoms with E-state index in [0.717, 1.165) is 14.3 Å². The molecule has 10 heteroatoms. The van der Waals surface area contributed by atoms with Crippen LogP contribution >= 0.6 is 27.5 Å². The van der Waals surface area contributed by atoms with Crippen LogP contribution in [0.5, 0.6) is 0 Å². The van der Waals surface area contributed by atoms with Crippen molar-refractivity contribution in [1.29, 1.82) is 0 Å². The molecule has 0 heterocycles. The molecule has 2 amide bonds. The lowest BCUT2D eigenvalue weighted by molar-refractivity contribution is -0.139. The number of benzene rings is 3. The highest BCUT2D eigenvalue weighted by Gasteiger charge is 2.32. The van der Waals surface area contributed by atoms with Gasteiger partial charge in [0.2, 0.25) is 11.8 Å². The van der Waals surface area contributed by atoms with E-state index in [2.05, 4.69) is 21.2 Å². The van der Waals surface area contributed by atoms with Gasteiger partial charge in [-0.3, -0.25) is 13.9 Å². The summed E-state index contributed by atoms with van der Waals surface area (Å²) in [7, 11) is -2.63. The average Bonchev–Trinajstić information content (AvgIpc) is 2.85. The van der Waals surface area contributed by atoms with Crippen molar-refractivity contribution in [3.8, 4) is 0 Å². The van der Waals surface area contributed by atoms with Crippen molar-refractivity contribution in [2.45, 2.75) is 24.4 Å². The molecule has 0 spiro atoms. The van der Waals surface area contributed by atoms with E-state index in [1.54, 1.807) is 43.3 Å². The normalized spacial score (nSPS) is 12.0. The summed E-state index contributed by atoms with van der Waals surface area (Å²) in [6.45, 7) is 1.19. The fraction of sp³-hybridized carbons (Fsp3) is 0.200. The molecule has 0 aliphatic rings. The second kappa shape index (κ2) is 11.7. The molecule has 3 rings (SSSR count). The summed E-state index contributed by atoms with van der Waals surface area (Å²) < 4.78 is 29.0. The first-order chi connectivity index (χ1) is 16.6. The van der Waals surface area contributed by atoms with Crippen LogP contribution in [0.15, 0.2) is 88.2 Å². The van der Waals surface area contributed by atoms with Gasteiger partial charge >= 0.3 is 0 Å². The summed E-state index contributed by atoms with van der Waals surface area (Å²) in [6.07, 6.45) is 0. The van der Waals surface area contributed by atoms with Crippen molar-refractivity contribution >= 4 is 55.1 Å². The molecule has 0 saturated heterocycles. The topological polar surface area (TPSA) is 86.8 Å². The Bertz CT molecular complexity index is 1300. The first-order valence-corrected chi connectivity index (χ1v) is 13.3. The number of hydrogen-bond donors (Lipinski definition) is 1. The molecule has 7 nitrogen and oxygen atoms in total. The number of carbonyl (C=O) groups is 2. The fourth-order valence-corrected chi connectivity index (χ4v) is 5.56. The number of nitrogens with zero attached hydrogens (tertiary/aromatic N) is 2. The highest BCUT2D eigenvalue weighted by molar-refractivity contribution is 9.10. The van der Waals surface area contributed by atoms with Crippen LogP contribution in [0.1, 0.15) is 12.5 Å². The first-order valence-electron chi connectivity index (χ1n) is 10.7. The number of nitrogens with one attached hydrogen (secondary N) is 1. The second-order valence-electron chi connectivity index (χ2n) is 7.75. The SMILES string of the molecule is CNC(=O)[C@@H](C)N(Cc1cccc(Br)c1)C(=O)CN(c1cccc(Cl)c1)S(=O)(=O)c1ccccc1. The van der Waals surface area contributed by atoms with Gasteiger partial charge in [0, 0.05) is 23.1 Å². The Hall–Kier alpha value is -2.88. The van der Waals surface area contributed by atoms with Crippen molar-refractivity contribution in [3.05, 3.63) is 93.9 Å². The standard InChI is InChI=1S/C25H25BrClN3O4S/c1-18(25(32)28-2)29(16-19-8-6-9-20(26)14-19)24(31)17-30(22-11-7-10-21(27)15-22)35(33,34)23-12-4-3-5-13-23/h3-15,18H,16-17H2,1-2H3,(H,28,32)/t18-/m1/s1. The van der Waals surface area contributed by atoms with Gasteiger partial charge in [0.25, 0.3) is 10.0 Å². The van der Waals surface area contributed by atoms with E-state index in [1.807, 2.05) is 24.3 Å². The van der Waals surface area contributed by atoms with E-state index in [4.69, 9.17) is 11.6 Å². The third-order valence-electron chi connectivity index (χ3n) is 5.36. The van der Waals surface area contributed by atoms with Gasteiger partial charge in [-0.1, -0.05) is 63.9 Å². The Morgan fingerprint density at radius 3 is 2.31 bits per heavy atom. The number of hydrogen-bond acceptors (Lipinski definition) is 4. The molecule has 35 heavy (non-hydrogen) atoms. The maximum Gasteiger partial charge on any atom is 0.264 e. The lowest BCUT2D eigenvalue weighted by Crippen LogP contribution is -2.50. The van der Waals surface area contributed by atoms with Gasteiger partial charge in [0.1, 0.15) is 12.6 Å². The Kier molecular flexibility index (Phi) is 8.93. The van der Waals surface area contributed by atoms with Crippen LogP contribution in [0, 0.1) is 0 Å². The Balaban J connectivity index is 2.02. The van der Waals surface area contributed by atoms with Crippen molar-refractivity contribution in [3.63, 3.8) is 0 Å². The lowest BCUT2D eigenvalue weighted by Gasteiger charge is -2.31. The molecule has 0 radical (unpaired) electrons. The summed E-state index contributed by atoms with van der Waals surface area (Å²) >= 11 is 9.56. The minimum atomic E-state index is -4.11. The summed E-state index contributed by atoms with van der Waals surface area (Å²) in [5.74, 6) is -0.908. The quantitative estimate of drug-likeness (QED) is 0.406. The van der Waals surface area contributed by atoms with E-state index < -0.39 is 28.5 Å². The van der Waals surface area contributed by atoms with E-state index in [-0.39, 0.29) is 23.0 Å². The van der Waals surface area contributed by atoms with E-state index in [1.165, 1.54) is 30.1 Å². The number of rotatable bonds is 9. The Morgan fingerprint density at radius 2 is 1.69 bits per heavy atom. The third-order valence-corrected chi connectivity index (χ3v) is 7.88. The Morgan fingerprint density at radius 1 is 1.00 bits per heavy atom. The van der Waals surface area contributed by atoms with Gasteiger partial charge in [0.15, 0.2) is 0 Å². The molecule has 0 unspecified atom stereocenters. The van der Waals surface area contributed by atoms with Gasteiger partial charge in [-0.15, -0.1) is 0 Å². The molecular formula is C25H25BrClN3O4S. The summed E-state index contributed by atoms with van der Waals surface area (Å²) in [4.78, 5) is 27.5. The number of likely N-dealkylation sites (N-methyl/N-ethyl adjacent to an activating group) is 1. The average molecular weight is 579 g/mol. The van der Waals surface area contributed by atoms with Gasteiger partial charge in [-0.2, -0.15) is 0 Å². The molecule has 0 fully saturated rings. The van der Waals surface area contributed by atoms with Crippen LogP contribution in [-0.2, 0) is 26.2 Å². The number of amides is 2. The molecule has 0 saturated carbocycles. The minimum absolute atomic E-state index is 0.0330. The van der Waals surface area contributed by atoms with Gasteiger partial charge in [-0.25, -0.2) is 8.42 Å². The molecule has 0 bridgehead atoms. The van der Waals surface area contributed by atoms with Crippen molar-refractivity contribution in [2.24, 2.45) is 0 Å². The molecule has 3 aromatic rings. The molecule has 3 aromatic carbocycles. The van der Waals surface area contributed by atoms with Crippen molar-refractivity contribution in [2.75, 3.05) is 17.9 Å². The smallest absolute Gasteiger partial charge is 0.264 e. The number of anilines is 1. The zero-order valence-corrected chi connectivity index (χ0v) is 22.3. The summed E-state index contributed by atoms with van der Waals surface area (Å²) in [6, 6.07) is 20.6.